The van der Waals surface area contributed by atoms with Crippen LogP contribution >= 0.6 is 0 Å². The first-order valence-electron chi connectivity index (χ1n) is 11.0. The second kappa shape index (κ2) is 11.4. The fourth-order valence-electron chi connectivity index (χ4n) is 3.90. The summed E-state index contributed by atoms with van der Waals surface area (Å²) < 4.78 is 4.85. The lowest BCUT2D eigenvalue weighted by atomic mass is 9.84. The molecule has 1 aliphatic carbocycles. The van der Waals surface area contributed by atoms with E-state index in [1.807, 2.05) is 24.3 Å². The lowest BCUT2D eigenvalue weighted by Gasteiger charge is -2.22. The third kappa shape index (κ3) is 6.61. The van der Waals surface area contributed by atoms with Gasteiger partial charge in [0.25, 0.3) is 5.91 Å². The molecule has 1 fully saturated rings. The maximum Gasteiger partial charge on any atom is 0.307 e. The summed E-state index contributed by atoms with van der Waals surface area (Å²) in [5.41, 5.74) is 4.25. The number of anilines is 1. The van der Waals surface area contributed by atoms with Gasteiger partial charge in [0, 0.05) is 24.3 Å². The molecular weight excluding hydrogens is 376 g/mol. The van der Waals surface area contributed by atoms with E-state index in [0.717, 1.165) is 17.2 Å². The molecule has 1 saturated carbocycles. The normalized spacial score (nSPS) is 14.2. The van der Waals surface area contributed by atoms with Gasteiger partial charge in [-0.15, -0.1) is 0 Å². The van der Waals surface area contributed by atoms with Gasteiger partial charge in [0.2, 0.25) is 0 Å². The number of hydrogen-bond acceptors (Lipinski definition) is 4. The third-order valence-corrected chi connectivity index (χ3v) is 5.62. The first-order chi connectivity index (χ1) is 14.7. The third-order valence-electron chi connectivity index (χ3n) is 5.62. The molecule has 0 aliphatic heterocycles. The van der Waals surface area contributed by atoms with Crippen LogP contribution in [0.2, 0.25) is 0 Å². The van der Waals surface area contributed by atoms with Crippen LogP contribution in [0.3, 0.4) is 0 Å². The number of benzene rings is 2. The van der Waals surface area contributed by atoms with Crippen molar-refractivity contribution in [2.24, 2.45) is 0 Å². The molecule has 0 saturated heterocycles. The molecule has 0 radical (unpaired) electrons. The molecule has 2 aromatic rings. The SMILES string of the molecule is CCOC(=O)CCNC(=O)c1ccc(CNc2ccc(C3CCCCC3)cc2)cc1. The Bertz CT molecular complexity index is 809. The lowest BCUT2D eigenvalue weighted by Crippen LogP contribution is -2.26. The number of esters is 1. The number of ether oxygens (including phenoxy) is 1. The van der Waals surface area contributed by atoms with E-state index in [2.05, 4.69) is 34.9 Å². The fourth-order valence-corrected chi connectivity index (χ4v) is 3.90. The summed E-state index contributed by atoms with van der Waals surface area (Å²) in [6.07, 6.45) is 6.89. The van der Waals surface area contributed by atoms with E-state index >= 15 is 0 Å². The van der Waals surface area contributed by atoms with Crippen molar-refractivity contribution < 1.29 is 14.3 Å². The topological polar surface area (TPSA) is 67.4 Å². The molecule has 2 N–H and O–H groups in total. The van der Waals surface area contributed by atoms with Crippen LogP contribution < -0.4 is 10.6 Å². The van der Waals surface area contributed by atoms with E-state index in [4.69, 9.17) is 4.74 Å². The van der Waals surface area contributed by atoms with Gasteiger partial charge in [0.15, 0.2) is 0 Å². The molecule has 2 aromatic carbocycles. The molecule has 1 aliphatic rings. The van der Waals surface area contributed by atoms with Crippen LogP contribution in [0, 0.1) is 0 Å². The molecule has 0 bridgehead atoms. The van der Waals surface area contributed by atoms with E-state index in [-0.39, 0.29) is 24.8 Å². The highest BCUT2D eigenvalue weighted by molar-refractivity contribution is 5.94. The number of amides is 1. The maximum atomic E-state index is 12.2. The summed E-state index contributed by atoms with van der Waals surface area (Å²) in [5.74, 6) is 0.242. The molecule has 30 heavy (non-hydrogen) atoms. The number of carbonyl (C=O) groups excluding carboxylic acids is 2. The summed E-state index contributed by atoms with van der Waals surface area (Å²) in [5, 5.41) is 6.19. The molecule has 0 heterocycles. The van der Waals surface area contributed by atoms with Crippen LogP contribution in [-0.2, 0) is 16.1 Å². The van der Waals surface area contributed by atoms with E-state index < -0.39 is 0 Å². The Labute approximate surface area is 179 Å². The second-order valence-electron chi connectivity index (χ2n) is 7.82. The van der Waals surface area contributed by atoms with Gasteiger partial charge in [-0.05, 0) is 61.1 Å². The number of carbonyl (C=O) groups is 2. The van der Waals surface area contributed by atoms with Gasteiger partial charge in [-0.3, -0.25) is 9.59 Å². The van der Waals surface area contributed by atoms with E-state index in [0.29, 0.717) is 18.7 Å². The zero-order valence-electron chi connectivity index (χ0n) is 17.8. The Hall–Kier alpha value is -2.82. The van der Waals surface area contributed by atoms with Crippen LogP contribution in [-0.4, -0.2) is 25.0 Å². The first-order valence-corrected chi connectivity index (χ1v) is 11.0. The fraction of sp³-hybridized carbons (Fsp3) is 0.440. The second-order valence-corrected chi connectivity index (χ2v) is 7.82. The maximum absolute atomic E-state index is 12.2. The van der Waals surface area contributed by atoms with Crippen LogP contribution in [0.4, 0.5) is 5.69 Å². The van der Waals surface area contributed by atoms with Crippen molar-refractivity contribution in [2.75, 3.05) is 18.5 Å². The number of rotatable bonds is 9. The zero-order chi connectivity index (χ0) is 21.2. The molecule has 1 amide bonds. The Kier molecular flexibility index (Phi) is 8.30. The van der Waals surface area contributed by atoms with E-state index in [9.17, 15) is 9.59 Å². The number of hydrogen-bond donors (Lipinski definition) is 2. The predicted octanol–water partition coefficient (Wildman–Crippen LogP) is 5.03. The molecule has 5 nitrogen and oxygen atoms in total. The Balaban J connectivity index is 1.44. The monoisotopic (exact) mass is 408 g/mol. The van der Waals surface area contributed by atoms with Gasteiger partial charge >= 0.3 is 5.97 Å². The van der Waals surface area contributed by atoms with Crippen molar-refractivity contribution in [2.45, 2.75) is 57.9 Å². The molecule has 0 unspecified atom stereocenters. The highest BCUT2D eigenvalue weighted by Crippen LogP contribution is 2.33. The average Bonchev–Trinajstić information content (AvgIpc) is 2.79. The van der Waals surface area contributed by atoms with Crippen LogP contribution in [0.25, 0.3) is 0 Å². The van der Waals surface area contributed by atoms with Gasteiger partial charge in [-0.1, -0.05) is 43.5 Å². The van der Waals surface area contributed by atoms with Crippen molar-refractivity contribution in [1.82, 2.24) is 5.32 Å². The van der Waals surface area contributed by atoms with Gasteiger partial charge in [-0.2, -0.15) is 0 Å². The molecular formula is C25H32N2O3. The summed E-state index contributed by atoms with van der Waals surface area (Å²) >= 11 is 0. The Morgan fingerprint density at radius 3 is 2.33 bits per heavy atom. The highest BCUT2D eigenvalue weighted by Gasteiger charge is 2.15. The molecule has 5 heteroatoms. The van der Waals surface area contributed by atoms with Gasteiger partial charge < -0.3 is 15.4 Å². The van der Waals surface area contributed by atoms with Crippen molar-refractivity contribution in [1.29, 1.82) is 0 Å². The highest BCUT2D eigenvalue weighted by atomic mass is 16.5. The van der Waals surface area contributed by atoms with E-state index in [1.54, 1.807) is 6.92 Å². The summed E-state index contributed by atoms with van der Waals surface area (Å²) in [7, 11) is 0. The van der Waals surface area contributed by atoms with Crippen molar-refractivity contribution in [3.8, 4) is 0 Å². The van der Waals surface area contributed by atoms with Crippen LogP contribution in [0.15, 0.2) is 48.5 Å². The standard InChI is InChI=1S/C25H32N2O3/c1-2-30-24(28)16-17-26-25(29)22-10-8-19(9-11-22)18-27-23-14-12-21(13-15-23)20-6-4-3-5-7-20/h8-15,20,27H,2-7,16-18H2,1H3,(H,26,29). The molecule has 0 atom stereocenters. The van der Waals surface area contributed by atoms with Gasteiger partial charge in [-0.25, -0.2) is 0 Å². The minimum Gasteiger partial charge on any atom is -0.466 e. The average molecular weight is 409 g/mol. The molecule has 160 valence electrons. The number of nitrogens with one attached hydrogen (secondary N) is 2. The minimum absolute atomic E-state index is 0.182. The lowest BCUT2D eigenvalue weighted by molar-refractivity contribution is -0.142. The van der Waals surface area contributed by atoms with Crippen molar-refractivity contribution >= 4 is 17.6 Å². The van der Waals surface area contributed by atoms with Crippen molar-refractivity contribution in [3.05, 3.63) is 65.2 Å². The van der Waals surface area contributed by atoms with Gasteiger partial charge in [0.1, 0.15) is 0 Å². The molecule has 0 aromatic heterocycles. The Morgan fingerprint density at radius 2 is 1.67 bits per heavy atom. The molecule has 3 rings (SSSR count). The predicted molar refractivity (Wildman–Crippen MR) is 120 cm³/mol. The van der Waals surface area contributed by atoms with E-state index in [1.165, 1.54) is 37.7 Å². The smallest absolute Gasteiger partial charge is 0.307 e. The zero-order valence-corrected chi connectivity index (χ0v) is 17.8. The summed E-state index contributed by atoms with van der Waals surface area (Å²) in [4.78, 5) is 23.5. The summed E-state index contributed by atoms with van der Waals surface area (Å²) in [6, 6.07) is 16.3. The summed E-state index contributed by atoms with van der Waals surface area (Å²) in [6.45, 7) is 3.09. The van der Waals surface area contributed by atoms with Crippen LogP contribution in [0.1, 0.15) is 72.9 Å². The van der Waals surface area contributed by atoms with Crippen molar-refractivity contribution in [3.63, 3.8) is 0 Å². The van der Waals surface area contributed by atoms with Crippen LogP contribution in [0.5, 0.6) is 0 Å². The largest absolute Gasteiger partial charge is 0.466 e. The minimum atomic E-state index is -0.300. The molecule has 0 spiro atoms. The quantitative estimate of drug-likeness (QED) is 0.571. The first kappa shape index (κ1) is 21.9. The Morgan fingerprint density at radius 1 is 0.967 bits per heavy atom. The van der Waals surface area contributed by atoms with Gasteiger partial charge in [0.05, 0.1) is 13.0 Å².